The number of rotatable bonds is 0. The highest BCUT2D eigenvalue weighted by atomic mass is 127. The highest BCUT2D eigenvalue weighted by Crippen LogP contribution is 2.53. The van der Waals surface area contributed by atoms with Crippen molar-refractivity contribution in [2.24, 2.45) is 0 Å². The van der Waals surface area contributed by atoms with E-state index in [0.717, 1.165) is 19.4 Å². The summed E-state index contributed by atoms with van der Waals surface area (Å²) in [6.45, 7) is 2.90. The molecule has 3 heteroatoms. The summed E-state index contributed by atoms with van der Waals surface area (Å²) in [4.78, 5) is 14.1. The maximum absolute atomic E-state index is 12.2. The molecule has 1 aliphatic carbocycles. The largest absolute Gasteiger partial charge is 0.341 e. The van der Waals surface area contributed by atoms with Gasteiger partial charge in [-0.25, -0.2) is 0 Å². The van der Waals surface area contributed by atoms with Crippen LogP contribution in [0.2, 0.25) is 0 Å². The van der Waals surface area contributed by atoms with Crippen LogP contribution in [0.15, 0.2) is 12.1 Å². The van der Waals surface area contributed by atoms with Crippen molar-refractivity contribution in [2.75, 3.05) is 7.05 Å². The van der Waals surface area contributed by atoms with Crippen LogP contribution in [0.4, 0.5) is 0 Å². The standard InChI is InChI=1S/C13H14INO/c1-8-5-10-9(6-11(8)14)7-15(2)12(16)13(10)3-4-13/h5-6H,3-4,7H2,1-2H3. The van der Waals surface area contributed by atoms with Gasteiger partial charge in [-0.2, -0.15) is 0 Å². The lowest BCUT2D eigenvalue weighted by molar-refractivity contribution is -0.134. The Morgan fingerprint density at radius 2 is 2.06 bits per heavy atom. The van der Waals surface area contributed by atoms with Gasteiger partial charge < -0.3 is 4.90 Å². The summed E-state index contributed by atoms with van der Waals surface area (Å²) in [7, 11) is 1.91. The zero-order valence-corrected chi connectivity index (χ0v) is 11.7. The number of amides is 1. The van der Waals surface area contributed by atoms with Crippen LogP contribution in [0.3, 0.4) is 0 Å². The van der Waals surface area contributed by atoms with Gasteiger partial charge in [0.1, 0.15) is 0 Å². The monoisotopic (exact) mass is 327 g/mol. The molecule has 1 aromatic carbocycles. The third kappa shape index (κ3) is 1.27. The molecule has 16 heavy (non-hydrogen) atoms. The fraction of sp³-hybridized carbons (Fsp3) is 0.462. The van der Waals surface area contributed by atoms with Crippen molar-refractivity contribution in [3.05, 3.63) is 32.4 Å². The van der Waals surface area contributed by atoms with Crippen molar-refractivity contribution in [3.63, 3.8) is 0 Å². The number of halogens is 1. The van der Waals surface area contributed by atoms with Gasteiger partial charge in [0, 0.05) is 17.2 Å². The summed E-state index contributed by atoms with van der Waals surface area (Å²) in [5.74, 6) is 0.320. The Morgan fingerprint density at radius 1 is 1.38 bits per heavy atom. The molecule has 0 unspecified atom stereocenters. The molecular formula is C13H14INO. The molecule has 3 rings (SSSR count). The van der Waals surface area contributed by atoms with Gasteiger partial charge in [-0.05, 0) is 65.1 Å². The normalized spacial score (nSPS) is 21.2. The Morgan fingerprint density at radius 3 is 2.69 bits per heavy atom. The van der Waals surface area contributed by atoms with Crippen LogP contribution in [0.1, 0.15) is 29.5 Å². The molecule has 0 radical (unpaired) electrons. The van der Waals surface area contributed by atoms with Gasteiger partial charge in [-0.1, -0.05) is 6.07 Å². The Balaban J connectivity index is 2.21. The topological polar surface area (TPSA) is 20.3 Å². The van der Waals surface area contributed by atoms with Gasteiger partial charge in [0.2, 0.25) is 5.91 Å². The minimum absolute atomic E-state index is 0.141. The highest BCUT2D eigenvalue weighted by molar-refractivity contribution is 14.1. The van der Waals surface area contributed by atoms with Crippen LogP contribution in [-0.2, 0) is 16.8 Å². The third-order valence-corrected chi connectivity index (χ3v) is 4.98. The van der Waals surface area contributed by atoms with Crippen LogP contribution in [0.5, 0.6) is 0 Å². The Hall–Kier alpha value is -0.580. The molecule has 1 aliphatic heterocycles. The first-order valence-corrected chi connectivity index (χ1v) is 6.67. The van der Waals surface area contributed by atoms with E-state index in [4.69, 9.17) is 0 Å². The average Bonchev–Trinajstić information content (AvgIpc) is 3.01. The molecule has 2 nitrogen and oxygen atoms in total. The molecular weight excluding hydrogens is 313 g/mol. The zero-order valence-electron chi connectivity index (χ0n) is 9.51. The molecule has 2 aliphatic rings. The predicted octanol–water partition coefficient (Wildman–Crippen LogP) is 2.60. The summed E-state index contributed by atoms with van der Waals surface area (Å²) >= 11 is 2.37. The van der Waals surface area contributed by atoms with Crippen LogP contribution < -0.4 is 0 Å². The van der Waals surface area contributed by atoms with Crippen molar-refractivity contribution in [1.29, 1.82) is 0 Å². The minimum atomic E-state index is -0.141. The van der Waals surface area contributed by atoms with E-state index in [1.165, 1.54) is 20.3 Å². The molecule has 0 N–H and O–H groups in total. The lowest BCUT2D eigenvalue weighted by Crippen LogP contribution is -2.41. The van der Waals surface area contributed by atoms with Crippen LogP contribution in [0, 0.1) is 10.5 Å². The van der Waals surface area contributed by atoms with E-state index in [9.17, 15) is 4.79 Å². The predicted molar refractivity (Wildman–Crippen MR) is 71.3 cm³/mol. The lowest BCUT2D eigenvalue weighted by Gasteiger charge is -2.32. The van der Waals surface area contributed by atoms with E-state index in [-0.39, 0.29) is 5.41 Å². The minimum Gasteiger partial charge on any atom is -0.341 e. The second kappa shape index (κ2) is 3.22. The summed E-state index contributed by atoms with van der Waals surface area (Å²) in [5, 5.41) is 0. The summed E-state index contributed by atoms with van der Waals surface area (Å²) in [5.41, 5.74) is 3.79. The second-order valence-electron chi connectivity index (χ2n) is 5.00. The quantitative estimate of drug-likeness (QED) is 0.671. The molecule has 0 saturated heterocycles. The van der Waals surface area contributed by atoms with Crippen molar-refractivity contribution in [1.82, 2.24) is 4.90 Å². The number of hydrogen-bond acceptors (Lipinski definition) is 1. The first-order valence-electron chi connectivity index (χ1n) is 5.60. The molecule has 1 spiro atoms. The van der Waals surface area contributed by atoms with Crippen molar-refractivity contribution >= 4 is 28.5 Å². The van der Waals surface area contributed by atoms with E-state index in [1.807, 2.05) is 11.9 Å². The molecule has 0 atom stereocenters. The zero-order chi connectivity index (χ0) is 11.5. The van der Waals surface area contributed by atoms with Gasteiger partial charge in [0.15, 0.2) is 0 Å². The van der Waals surface area contributed by atoms with E-state index in [1.54, 1.807) is 0 Å². The number of fused-ring (bicyclic) bond motifs is 2. The number of aryl methyl sites for hydroxylation is 1. The first kappa shape index (κ1) is 10.6. The maximum Gasteiger partial charge on any atom is 0.233 e. The van der Waals surface area contributed by atoms with Gasteiger partial charge >= 0.3 is 0 Å². The van der Waals surface area contributed by atoms with E-state index in [2.05, 4.69) is 41.6 Å². The van der Waals surface area contributed by atoms with Crippen molar-refractivity contribution in [3.8, 4) is 0 Å². The summed E-state index contributed by atoms with van der Waals surface area (Å²) in [6, 6.07) is 4.48. The van der Waals surface area contributed by atoms with E-state index < -0.39 is 0 Å². The fourth-order valence-corrected chi connectivity index (χ4v) is 3.25. The Labute approximate surface area is 109 Å². The second-order valence-corrected chi connectivity index (χ2v) is 6.16. The molecule has 1 heterocycles. The third-order valence-electron chi connectivity index (χ3n) is 3.81. The van der Waals surface area contributed by atoms with Crippen LogP contribution in [-0.4, -0.2) is 17.9 Å². The Kier molecular flexibility index (Phi) is 2.12. The first-order chi connectivity index (χ1) is 7.54. The molecule has 1 saturated carbocycles. The molecule has 1 aromatic rings. The molecule has 1 fully saturated rings. The van der Waals surface area contributed by atoms with E-state index >= 15 is 0 Å². The SMILES string of the molecule is Cc1cc2c(cc1I)CN(C)C(=O)C21CC1. The molecule has 1 amide bonds. The Bertz CT molecular complexity index is 491. The van der Waals surface area contributed by atoms with Crippen LogP contribution >= 0.6 is 22.6 Å². The summed E-state index contributed by atoms with van der Waals surface area (Å²) < 4.78 is 1.30. The molecule has 0 bridgehead atoms. The molecule has 0 aromatic heterocycles. The smallest absolute Gasteiger partial charge is 0.233 e. The number of carbonyl (C=O) groups is 1. The number of nitrogens with zero attached hydrogens (tertiary/aromatic N) is 1. The number of benzene rings is 1. The van der Waals surface area contributed by atoms with Gasteiger partial charge in [-0.3, -0.25) is 4.79 Å². The summed E-state index contributed by atoms with van der Waals surface area (Å²) in [6.07, 6.45) is 2.06. The van der Waals surface area contributed by atoms with Gasteiger partial charge in [-0.15, -0.1) is 0 Å². The van der Waals surface area contributed by atoms with Gasteiger partial charge in [0.25, 0.3) is 0 Å². The van der Waals surface area contributed by atoms with E-state index in [0.29, 0.717) is 5.91 Å². The molecule has 84 valence electrons. The number of carbonyl (C=O) groups excluding carboxylic acids is 1. The highest BCUT2D eigenvalue weighted by Gasteiger charge is 2.55. The van der Waals surface area contributed by atoms with Gasteiger partial charge in [0.05, 0.1) is 5.41 Å². The number of hydrogen-bond donors (Lipinski definition) is 0. The lowest BCUT2D eigenvalue weighted by atomic mass is 9.85. The fourth-order valence-electron chi connectivity index (χ4n) is 2.72. The van der Waals surface area contributed by atoms with Crippen LogP contribution in [0.25, 0.3) is 0 Å². The average molecular weight is 327 g/mol. The maximum atomic E-state index is 12.2. The van der Waals surface area contributed by atoms with Crippen molar-refractivity contribution in [2.45, 2.75) is 31.7 Å². The van der Waals surface area contributed by atoms with Crippen molar-refractivity contribution < 1.29 is 4.79 Å². The number of likely N-dealkylation sites (N-methyl/N-ethyl adjacent to an activating group) is 1.